The van der Waals surface area contributed by atoms with Crippen LogP contribution in [0.25, 0.3) is 0 Å². The second kappa shape index (κ2) is 8.04. The lowest BCUT2D eigenvalue weighted by molar-refractivity contribution is -0.144. The van der Waals surface area contributed by atoms with Crippen molar-refractivity contribution in [3.05, 3.63) is 24.7 Å². The molecule has 0 aromatic carbocycles. The van der Waals surface area contributed by atoms with Crippen LogP contribution >= 0.6 is 0 Å². The van der Waals surface area contributed by atoms with Gasteiger partial charge in [0, 0.05) is 18.9 Å². The van der Waals surface area contributed by atoms with E-state index in [4.69, 9.17) is 4.74 Å². The molecule has 1 fully saturated rings. The van der Waals surface area contributed by atoms with Crippen LogP contribution in [0.15, 0.2) is 24.7 Å². The Morgan fingerprint density at radius 2 is 2.29 bits per heavy atom. The molecular weight excluding hydrogens is 362 g/mol. The van der Waals surface area contributed by atoms with E-state index in [-0.39, 0.29) is 24.4 Å². The summed E-state index contributed by atoms with van der Waals surface area (Å²) in [7, 11) is 0. The zero-order valence-corrected chi connectivity index (χ0v) is 15.8. The fourth-order valence-corrected chi connectivity index (χ4v) is 3.04. The van der Waals surface area contributed by atoms with Crippen molar-refractivity contribution in [1.29, 1.82) is 5.26 Å². The first-order valence-corrected chi connectivity index (χ1v) is 9.02. The van der Waals surface area contributed by atoms with Gasteiger partial charge in [-0.15, -0.1) is 0 Å². The zero-order valence-electron chi connectivity index (χ0n) is 15.8. The largest absolute Gasteiger partial charge is 0.465 e. The summed E-state index contributed by atoms with van der Waals surface area (Å²) >= 11 is 0. The number of ether oxygens (including phenoxy) is 1. The van der Waals surface area contributed by atoms with Crippen LogP contribution in [-0.2, 0) is 20.9 Å². The number of hydrogen-bond donors (Lipinski definition) is 1. The SMILES string of the molecule is CCOC(=O)Cn1cc(Nc2nccc(N3CCC(C#N)(CC)C3=O)n2)cn1. The Balaban J connectivity index is 1.71. The van der Waals surface area contributed by atoms with Gasteiger partial charge in [0.2, 0.25) is 11.9 Å². The molecule has 1 amide bonds. The van der Waals surface area contributed by atoms with Gasteiger partial charge in [-0.25, -0.2) is 4.98 Å². The Kier molecular flexibility index (Phi) is 5.54. The Labute approximate surface area is 162 Å². The van der Waals surface area contributed by atoms with E-state index in [0.29, 0.717) is 37.5 Å². The number of hydrogen-bond acceptors (Lipinski definition) is 8. The highest BCUT2D eigenvalue weighted by molar-refractivity contribution is 6.01. The number of carbonyl (C=O) groups excluding carboxylic acids is 2. The molecule has 1 saturated heterocycles. The van der Waals surface area contributed by atoms with E-state index in [9.17, 15) is 14.9 Å². The summed E-state index contributed by atoms with van der Waals surface area (Å²) in [5, 5.41) is 16.5. The molecule has 1 N–H and O–H groups in total. The first-order chi connectivity index (χ1) is 13.5. The molecule has 1 atom stereocenters. The number of nitrogens with one attached hydrogen (secondary N) is 1. The highest BCUT2D eigenvalue weighted by Gasteiger charge is 2.46. The molecule has 10 nitrogen and oxygen atoms in total. The van der Waals surface area contributed by atoms with Crippen molar-refractivity contribution in [2.75, 3.05) is 23.4 Å². The highest BCUT2D eigenvalue weighted by Crippen LogP contribution is 2.36. The predicted molar refractivity (Wildman–Crippen MR) is 99.5 cm³/mol. The molecule has 0 spiro atoms. The summed E-state index contributed by atoms with van der Waals surface area (Å²) in [4.78, 5) is 34.3. The predicted octanol–water partition coefficient (Wildman–Crippen LogP) is 1.64. The van der Waals surface area contributed by atoms with Crippen molar-refractivity contribution in [3.8, 4) is 6.07 Å². The molecule has 146 valence electrons. The fraction of sp³-hybridized carbons (Fsp3) is 0.444. The van der Waals surface area contributed by atoms with Crippen LogP contribution in [0.4, 0.5) is 17.5 Å². The summed E-state index contributed by atoms with van der Waals surface area (Å²) in [6.45, 7) is 4.34. The van der Waals surface area contributed by atoms with Crippen LogP contribution in [0.1, 0.15) is 26.7 Å². The summed E-state index contributed by atoms with van der Waals surface area (Å²) in [6.07, 6.45) is 5.65. The van der Waals surface area contributed by atoms with E-state index in [0.717, 1.165) is 0 Å². The number of nitrogens with zero attached hydrogens (tertiary/aromatic N) is 6. The number of aromatic nitrogens is 4. The number of anilines is 3. The molecule has 10 heteroatoms. The third-order valence-electron chi connectivity index (χ3n) is 4.64. The van der Waals surface area contributed by atoms with Crippen LogP contribution in [-0.4, -0.2) is 44.8 Å². The highest BCUT2D eigenvalue weighted by atomic mass is 16.5. The van der Waals surface area contributed by atoms with E-state index >= 15 is 0 Å². The van der Waals surface area contributed by atoms with Gasteiger partial charge in [-0.2, -0.15) is 15.3 Å². The van der Waals surface area contributed by atoms with Crippen molar-refractivity contribution in [3.63, 3.8) is 0 Å². The Bertz CT molecular complexity index is 920. The van der Waals surface area contributed by atoms with E-state index < -0.39 is 5.41 Å². The minimum Gasteiger partial charge on any atom is -0.465 e. The summed E-state index contributed by atoms with van der Waals surface area (Å²) < 4.78 is 6.33. The standard InChI is InChI=1S/C18H21N7O3/c1-3-18(12-19)6-8-25(16(18)27)14-5-7-20-17(23-14)22-13-9-21-24(10-13)11-15(26)28-4-2/h5,7,9-10H,3-4,6,8,11H2,1-2H3,(H,20,22,23). The molecule has 2 aromatic heterocycles. The summed E-state index contributed by atoms with van der Waals surface area (Å²) in [6, 6.07) is 3.79. The maximum absolute atomic E-state index is 12.7. The molecule has 0 saturated carbocycles. The van der Waals surface area contributed by atoms with Gasteiger partial charge >= 0.3 is 5.97 Å². The van der Waals surface area contributed by atoms with Gasteiger partial charge in [-0.3, -0.25) is 19.2 Å². The van der Waals surface area contributed by atoms with E-state index in [1.807, 2.05) is 6.92 Å². The first-order valence-electron chi connectivity index (χ1n) is 9.02. The van der Waals surface area contributed by atoms with Gasteiger partial charge < -0.3 is 10.1 Å². The van der Waals surface area contributed by atoms with Gasteiger partial charge in [0.15, 0.2) is 0 Å². The minimum atomic E-state index is -0.979. The van der Waals surface area contributed by atoms with Crippen molar-refractivity contribution in [2.45, 2.75) is 33.2 Å². The second-order valence-corrected chi connectivity index (χ2v) is 6.35. The maximum atomic E-state index is 12.7. The monoisotopic (exact) mass is 383 g/mol. The molecule has 28 heavy (non-hydrogen) atoms. The third kappa shape index (κ3) is 3.78. The summed E-state index contributed by atoms with van der Waals surface area (Å²) in [5.41, 5.74) is -0.388. The number of esters is 1. The van der Waals surface area contributed by atoms with Gasteiger partial charge in [-0.05, 0) is 25.8 Å². The number of nitriles is 1. The molecule has 0 radical (unpaired) electrons. The van der Waals surface area contributed by atoms with E-state index in [1.165, 1.54) is 15.8 Å². The average molecular weight is 383 g/mol. The lowest BCUT2D eigenvalue weighted by Gasteiger charge is -2.19. The summed E-state index contributed by atoms with van der Waals surface area (Å²) in [5.74, 6) is 0.114. The number of carbonyl (C=O) groups is 2. The average Bonchev–Trinajstić information content (AvgIpc) is 3.26. The molecule has 1 aliphatic heterocycles. The van der Waals surface area contributed by atoms with Gasteiger partial charge in [0.05, 0.1) is 24.6 Å². The fourth-order valence-electron chi connectivity index (χ4n) is 3.04. The second-order valence-electron chi connectivity index (χ2n) is 6.35. The van der Waals surface area contributed by atoms with Gasteiger partial charge in [0.1, 0.15) is 17.8 Å². The van der Waals surface area contributed by atoms with Gasteiger partial charge in [-0.1, -0.05) is 6.92 Å². The lowest BCUT2D eigenvalue weighted by Crippen LogP contribution is -2.33. The quantitative estimate of drug-likeness (QED) is 0.715. The van der Waals surface area contributed by atoms with Crippen molar-refractivity contribution >= 4 is 29.3 Å². The van der Waals surface area contributed by atoms with Crippen molar-refractivity contribution in [1.82, 2.24) is 19.7 Å². The normalized spacial score (nSPS) is 18.8. The molecule has 3 heterocycles. The molecule has 1 unspecified atom stereocenters. The lowest BCUT2D eigenvalue weighted by atomic mass is 9.85. The Hall–Kier alpha value is -3.48. The topological polar surface area (TPSA) is 126 Å². The smallest absolute Gasteiger partial charge is 0.327 e. The minimum absolute atomic E-state index is 0.00591. The maximum Gasteiger partial charge on any atom is 0.327 e. The zero-order chi connectivity index (χ0) is 20.1. The molecular formula is C18H21N7O3. The van der Waals surface area contributed by atoms with Crippen LogP contribution < -0.4 is 10.2 Å². The van der Waals surface area contributed by atoms with E-state index in [1.54, 1.807) is 25.4 Å². The van der Waals surface area contributed by atoms with Crippen LogP contribution in [0.5, 0.6) is 0 Å². The molecule has 2 aromatic rings. The van der Waals surface area contributed by atoms with Crippen molar-refractivity contribution in [2.24, 2.45) is 5.41 Å². The number of amides is 1. The van der Waals surface area contributed by atoms with Crippen molar-refractivity contribution < 1.29 is 14.3 Å². The van der Waals surface area contributed by atoms with Crippen LogP contribution in [0.2, 0.25) is 0 Å². The Morgan fingerprint density at radius 1 is 1.46 bits per heavy atom. The molecule has 1 aliphatic rings. The first kappa shape index (κ1) is 19.3. The van der Waals surface area contributed by atoms with Crippen LogP contribution in [0, 0.1) is 16.7 Å². The molecule has 3 rings (SSSR count). The third-order valence-corrected chi connectivity index (χ3v) is 4.64. The Morgan fingerprint density at radius 3 is 2.96 bits per heavy atom. The molecule has 0 bridgehead atoms. The number of rotatable bonds is 7. The van der Waals surface area contributed by atoms with Gasteiger partial charge in [0.25, 0.3) is 0 Å². The van der Waals surface area contributed by atoms with E-state index in [2.05, 4.69) is 26.5 Å². The molecule has 0 aliphatic carbocycles. The van der Waals surface area contributed by atoms with Crippen LogP contribution in [0.3, 0.4) is 0 Å².